The topological polar surface area (TPSA) is 105 Å². The molecule has 1 N–H and O–H groups in total. The Bertz CT molecular complexity index is 1360. The number of carbonyl (C=O) groups excluding carboxylic acids is 2. The maximum atomic E-state index is 13.0. The summed E-state index contributed by atoms with van der Waals surface area (Å²) in [5.74, 6) is -0.376. The van der Waals surface area contributed by atoms with Crippen molar-refractivity contribution in [3.05, 3.63) is 81.0 Å². The van der Waals surface area contributed by atoms with Crippen LogP contribution in [0.3, 0.4) is 0 Å². The molecule has 37 heavy (non-hydrogen) atoms. The summed E-state index contributed by atoms with van der Waals surface area (Å²) in [6.45, 7) is 7.44. The number of amides is 2. The van der Waals surface area contributed by atoms with Gasteiger partial charge in [-0.1, -0.05) is 23.4 Å². The molecule has 2 aliphatic rings. The van der Waals surface area contributed by atoms with Crippen molar-refractivity contribution in [1.82, 2.24) is 34.7 Å². The minimum Gasteiger partial charge on any atom is -0.354 e. The molecule has 5 rings (SSSR count). The molecule has 1 aromatic carbocycles. The van der Waals surface area contributed by atoms with Gasteiger partial charge in [0.05, 0.1) is 18.8 Å². The molecule has 2 aromatic heterocycles. The van der Waals surface area contributed by atoms with Crippen LogP contribution in [-0.2, 0) is 17.9 Å². The van der Waals surface area contributed by atoms with Gasteiger partial charge in [-0.25, -0.2) is 4.68 Å². The van der Waals surface area contributed by atoms with Crippen LogP contribution in [0, 0.1) is 19.8 Å². The highest BCUT2D eigenvalue weighted by molar-refractivity contribution is 5.93. The Labute approximate surface area is 215 Å². The molecule has 1 saturated heterocycles. The van der Waals surface area contributed by atoms with E-state index in [1.165, 1.54) is 32.2 Å². The summed E-state index contributed by atoms with van der Waals surface area (Å²) in [5.41, 5.74) is 4.19. The molecule has 0 saturated carbocycles. The lowest BCUT2D eigenvalue weighted by Crippen LogP contribution is -2.39. The zero-order valence-electron chi connectivity index (χ0n) is 21.6. The van der Waals surface area contributed by atoms with Gasteiger partial charge >= 0.3 is 0 Å². The molecule has 1 fully saturated rings. The van der Waals surface area contributed by atoms with Gasteiger partial charge in [-0.15, -0.1) is 5.10 Å². The van der Waals surface area contributed by atoms with E-state index in [1.807, 2.05) is 10.9 Å². The molecule has 10 heteroatoms. The van der Waals surface area contributed by atoms with Crippen LogP contribution in [0.15, 0.2) is 47.5 Å². The van der Waals surface area contributed by atoms with Crippen molar-refractivity contribution >= 4 is 11.8 Å². The summed E-state index contributed by atoms with van der Waals surface area (Å²) in [6, 6.07) is 9.55. The Hall–Kier alpha value is -3.79. The molecule has 2 atom stereocenters. The van der Waals surface area contributed by atoms with Crippen LogP contribution in [0.1, 0.15) is 45.2 Å². The van der Waals surface area contributed by atoms with Gasteiger partial charge in [0.15, 0.2) is 0 Å². The Kier molecular flexibility index (Phi) is 6.92. The largest absolute Gasteiger partial charge is 0.354 e. The van der Waals surface area contributed by atoms with E-state index in [2.05, 4.69) is 52.6 Å². The molecule has 0 aliphatic carbocycles. The lowest BCUT2D eigenvalue weighted by Gasteiger charge is -2.20. The van der Waals surface area contributed by atoms with Gasteiger partial charge in [-0.05, 0) is 42.7 Å². The van der Waals surface area contributed by atoms with Gasteiger partial charge in [0.2, 0.25) is 5.91 Å². The van der Waals surface area contributed by atoms with Crippen molar-refractivity contribution < 1.29 is 9.59 Å². The highest BCUT2D eigenvalue weighted by atomic mass is 16.2. The molecular formula is C27H33N7O3. The fraction of sp³-hybridized carbons (Fsp3) is 0.444. The van der Waals surface area contributed by atoms with Crippen LogP contribution in [0.5, 0.6) is 0 Å². The molecule has 2 amide bonds. The summed E-state index contributed by atoms with van der Waals surface area (Å²) < 4.78 is 3.33. The van der Waals surface area contributed by atoms with Crippen molar-refractivity contribution in [3.63, 3.8) is 0 Å². The van der Waals surface area contributed by atoms with Gasteiger partial charge in [0, 0.05) is 58.3 Å². The van der Waals surface area contributed by atoms with Gasteiger partial charge in [-0.2, -0.15) is 0 Å². The lowest BCUT2D eigenvalue weighted by molar-refractivity contribution is -0.122. The van der Waals surface area contributed by atoms with Crippen molar-refractivity contribution in [3.8, 4) is 0 Å². The van der Waals surface area contributed by atoms with E-state index in [0.29, 0.717) is 25.2 Å². The average Bonchev–Trinajstić information content (AvgIpc) is 3.48. The molecule has 0 radical (unpaired) electrons. The first-order valence-electron chi connectivity index (χ1n) is 12.7. The summed E-state index contributed by atoms with van der Waals surface area (Å²) in [7, 11) is 1.64. The highest BCUT2D eigenvalue weighted by Gasteiger charge is 2.36. The Morgan fingerprint density at radius 1 is 1.05 bits per heavy atom. The monoisotopic (exact) mass is 503 g/mol. The van der Waals surface area contributed by atoms with Crippen LogP contribution in [0.4, 0.5) is 0 Å². The number of aromatic nitrogens is 4. The van der Waals surface area contributed by atoms with Crippen molar-refractivity contribution in [2.45, 2.75) is 39.4 Å². The van der Waals surface area contributed by atoms with Crippen LogP contribution in [-0.4, -0.2) is 74.4 Å². The van der Waals surface area contributed by atoms with E-state index in [1.54, 1.807) is 19.3 Å². The normalized spacial score (nSPS) is 21.1. The number of aryl methyl sites for hydroxylation is 2. The van der Waals surface area contributed by atoms with E-state index in [9.17, 15) is 14.4 Å². The molecule has 0 unspecified atom stereocenters. The number of nitrogens with one attached hydrogen (secondary N) is 1. The lowest BCUT2D eigenvalue weighted by atomic mass is 9.99. The van der Waals surface area contributed by atoms with E-state index in [0.717, 1.165) is 19.6 Å². The number of carbonyl (C=O) groups is 2. The molecule has 10 nitrogen and oxygen atoms in total. The summed E-state index contributed by atoms with van der Waals surface area (Å²) in [5, 5.41) is 11.7. The Morgan fingerprint density at radius 3 is 2.62 bits per heavy atom. The maximum absolute atomic E-state index is 13.0. The third-order valence-electron chi connectivity index (χ3n) is 7.55. The Balaban J connectivity index is 1.45. The first kappa shape index (κ1) is 24.9. The highest BCUT2D eigenvalue weighted by Crippen LogP contribution is 2.32. The molecule has 4 heterocycles. The number of likely N-dealkylation sites (tertiary alicyclic amines) is 1. The molecule has 3 aromatic rings. The van der Waals surface area contributed by atoms with E-state index < -0.39 is 0 Å². The number of hydrogen-bond donors (Lipinski definition) is 1. The second-order valence-corrected chi connectivity index (χ2v) is 10.2. The minimum absolute atomic E-state index is 0.0171. The molecule has 194 valence electrons. The third-order valence-corrected chi connectivity index (χ3v) is 7.55. The predicted octanol–water partition coefficient (Wildman–Crippen LogP) is 1.37. The fourth-order valence-electron chi connectivity index (χ4n) is 5.42. The van der Waals surface area contributed by atoms with E-state index >= 15 is 0 Å². The van der Waals surface area contributed by atoms with Crippen LogP contribution >= 0.6 is 0 Å². The minimum atomic E-state index is -0.373. The van der Waals surface area contributed by atoms with Crippen LogP contribution in [0.2, 0.25) is 0 Å². The zero-order valence-corrected chi connectivity index (χ0v) is 21.6. The number of nitrogens with zero attached hydrogens (tertiary/aromatic N) is 6. The van der Waals surface area contributed by atoms with Gasteiger partial charge in [-0.3, -0.25) is 19.3 Å². The summed E-state index contributed by atoms with van der Waals surface area (Å²) in [6.07, 6.45) is 3.88. The SMILES string of the molecule is Cc1cccc(C)c1CN1C[C@@H]2CC(=O)NCCN(C)C(=O)c3cccn(c3=O)Cc3cn(nn3)[C@@H]2C1. The van der Waals surface area contributed by atoms with E-state index in [-0.39, 0.29) is 41.4 Å². The van der Waals surface area contributed by atoms with Crippen LogP contribution < -0.4 is 10.9 Å². The smallest absolute Gasteiger partial charge is 0.263 e. The second kappa shape index (κ2) is 10.3. The quantitative estimate of drug-likeness (QED) is 0.566. The first-order valence-corrected chi connectivity index (χ1v) is 12.7. The van der Waals surface area contributed by atoms with Crippen molar-refractivity contribution in [2.75, 3.05) is 33.2 Å². The third kappa shape index (κ3) is 5.20. The molecule has 0 spiro atoms. The number of fused-ring (bicyclic) bond motifs is 6. The molecule has 4 bridgehead atoms. The van der Waals surface area contributed by atoms with Crippen LogP contribution in [0.25, 0.3) is 0 Å². The zero-order chi connectivity index (χ0) is 26.1. The van der Waals surface area contributed by atoms with Gasteiger partial charge in [0.25, 0.3) is 11.5 Å². The number of likely N-dealkylation sites (N-methyl/N-ethyl adjacent to an activating group) is 1. The first-order chi connectivity index (χ1) is 17.8. The summed E-state index contributed by atoms with van der Waals surface area (Å²) in [4.78, 5) is 42.7. The van der Waals surface area contributed by atoms with E-state index in [4.69, 9.17) is 0 Å². The van der Waals surface area contributed by atoms with Crippen molar-refractivity contribution in [2.24, 2.45) is 5.92 Å². The number of hydrogen-bond acceptors (Lipinski definition) is 6. The number of rotatable bonds is 2. The molecule has 2 aliphatic heterocycles. The fourth-order valence-corrected chi connectivity index (χ4v) is 5.42. The number of pyridine rings is 1. The summed E-state index contributed by atoms with van der Waals surface area (Å²) >= 11 is 0. The average molecular weight is 504 g/mol. The standard InChI is InChI=1S/C27H33N7O3/c1-18-6-4-7-19(2)23(18)16-32-13-20-12-25(35)28-9-11-31(3)26(36)22-8-5-10-33(27(22)37)14-21-15-34(30-29-21)24(20)17-32/h4-8,10,15,20,24H,9,11-14,16-17H2,1-3H3,(H,28,35)/t20-,24+/m0/s1. The predicted molar refractivity (Wildman–Crippen MR) is 138 cm³/mol. The van der Waals surface area contributed by atoms with Gasteiger partial charge < -0.3 is 14.8 Å². The maximum Gasteiger partial charge on any atom is 0.263 e. The Morgan fingerprint density at radius 2 is 1.84 bits per heavy atom. The van der Waals surface area contributed by atoms with Gasteiger partial charge in [0.1, 0.15) is 11.3 Å². The van der Waals surface area contributed by atoms with Crippen molar-refractivity contribution in [1.29, 1.82) is 0 Å². The molecular weight excluding hydrogens is 470 g/mol. The second-order valence-electron chi connectivity index (χ2n) is 10.2. The number of benzene rings is 1.